The van der Waals surface area contributed by atoms with E-state index in [1.807, 2.05) is 19.1 Å². The van der Waals surface area contributed by atoms with Crippen molar-refractivity contribution in [1.29, 1.82) is 0 Å². The average molecular weight is 245 g/mol. The van der Waals surface area contributed by atoms with Crippen molar-refractivity contribution in [2.75, 3.05) is 19.5 Å². The van der Waals surface area contributed by atoms with E-state index in [1.165, 1.54) is 7.11 Å². The van der Waals surface area contributed by atoms with Gasteiger partial charge in [-0.3, -0.25) is 0 Å². The lowest BCUT2D eigenvalue weighted by Crippen LogP contribution is -1.95. The molecule has 0 aliphatic heterocycles. The summed E-state index contributed by atoms with van der Waals surface area (Å²) >= 11 is 0. The quantitative estimate of drug-likeness (QED) is 0.835. The molecule has 0 spiro atoms. The topological polar surface area (TPSA) is 70.3 Å². The fraction of sp³-hybridized carbons (Fsp3) is 0.231. The van der Waals surface area contributed by atoms with Gasteiger partial charge in [-0.2, -0.15) is 0 Å². The summed E-state index contributed by atoms with van der Waals surface area (Å²) < 4.78 is 10.4. The summed E-state index contributed by atoms with van der Waals surface area (Å²) in [5.74, 6) is 0.739. The van der Waals surface area contributed by atoms with Crippen LogP contribution in [0, 0.1) is 0 Å². The van der Waals surface area contributed by atoms with Crippen molar-refractivity contribution in [2.45, 2.75) is 6.92 Å². The molecule has 0 aliphatic carbocycles. The number of hydrogen-bond acceptors (Lipinski definition) is 5. The summed E-state index contributed by atoms with van der Waals surface area (Å²) in [5, 5.41) is 0. The van der Waals surface area contributed by atoms with E-state index < -0.39 is 0 Å². The van der Waals surface area contributed by atoms with Crippen molar-refractivity contribution >= 4 is 5.69 Å². The van der Waals surface area contributed by atoms with Crippen molar-refractivity contribution in [3.05, 3.63) is 30.6 Å². The third kappa shape index (κ3) is 2.68. The lowest BCUT2D eigenvalue weighted by Gasteiger charge is -2.08. The Labute approximate surface area is 106 Å². The van der Waals surface area contributed by atoms with Crippen molar-refractivity contribution in [2.24, 2.45) is 0 Å². The lowest BCUT2D eigenvalue weighted by molar-refractivity contribution is 0.340. The summed E-state index contributed by atoms with van der Waals surface area (Å²) in [6, 6.07) is 5.89. The highest BCUT2D eigenvalue weighted by Gasteiger charge is 2.04. The molecule has 1 aromatic carbocycles. The number of hydrogen-bond donors (Lipinski definition) is 1. The van der Waals surface area contributed by atoms with E-state index in [0.717, 1.165) is 16.9 Å². The van der Waals surface area contributed by atoms with Gasteiger partial charge in [0.15, 0.2) is 0 Å². The second-order valence-electron chi connectivity index (χ2n) is 3.68. The zero-order chi connectivity index (χ0) is 13.0. The Hall–Kier alpha value is -2.30. The fourth-order valence-electron chi connectivity index (χ4n) is 1.61. The van der Waals surface area contributed by atoms with Crippen molar-refractivity contribution in [1.82, 2.24) is 9.97 Å². The molecule has 0 fully saturated rings. The first-order valence-electron chi connectivity index (χ1n) is 5.62. The average Bonchev–Trinajstić information content (AvgIpc) is 2.38. The van der Waals surface area contributed by atoms with Crippen LogP contribution in [0.5, 0.6) is 11.8 Å². The van der Waals surface area contributed by atoms with Gasteiger partial charge < -0.3 is 15.2 Å². The molecule has 94 valence electrons. The molecule has 18 heavy (non-hydrogen) atoms. The molecule has 1 heterocycles. The molecular formula is C13H15N3O2. The smallest absolute Gasteiger partial charge is 0.316 e. The first-order chi connectivity index (χ1) is 8.72. The Morgan fingerprint density at radius 3 is 2.44 bits per heavy atom. The van der Waals surface area contributed by atoms with Crippen LogP contribution in [-0.4, -0.2) is 23.7 Å². The first-order valence-corrected chi connectivity index (χ1v) is 5.62. The van der Waals surface area contributed by atoms with E-state index in [2.05, 4.69) is 9.97 Å². The number of aromatic nitrogens is 2. The highest BCUT2D eigenvalue weighted by molar-refractivity contribution is 5.68. The zero-order valence-corrected chi connectivity index (χ0v) is 10.4. The van der Waals surface area contributed by atoms with Crippen molar-refractivity contribution in [3.8, 4) is 22.9 Å². The number of nitrogens with zero attached hydrogens (tertiary/aromatic N) is 2. The van der Waals surface area contributed by atoms with Crippen LogP contribution in [-0.2, 0) is 0 Å². The van der Waals surface area contributed by atoms with E-state index in [4.69, 9.17) is 15.2 Å². The summed E-state index contributed by atoms with van der Waals surface area (Å²) in [6.07, 6.45) is 3.38. The molecule has 2 N–H and O–H groups in total. The molecule has 0 aliphatic rings. The summed E-state index contributed by atoms with van der Waals surface area (Å²) in [7, 11) is 1.53. The molecule has 0 bridgehead atoms. The number of nitrogen functional groups attached to an aromatic ring is 1. The fourth-order valence-corrected chi connectivity index (χ4v) is 1.61. The maximum atomic E-state index is 5.84. The molecule has 0 saturated carbocycles. The highest BCUT2D eigenvalue weighted by Crippen LogP contribution is 2.26. The van der Waals surface area contributed by atoms with Crippen LogP contribution >= 0.6 is 0 Å². The molecule has 0 saturated heterocycles. The number of ether oxygens (including phenoxy) is 2. The summed E-state index contributed by atoms with van der Waals surface area (Å²) in [5.41, 5.74) is 8.27. The Bertz CT molecular complexity index is 526. The Morgan fingerprint density at radius 2 is 1.83 bits per heavy atom. The molecule has 0 radical (unpaired) electrons. The first kappa shape index (κ1) is 12.2. The van der Waals surface area contributed by atoms with Crippen LogP contribution in [0.4, 0.5) is 5.69 Å². The van der Waals surface area contributed by atoms with Gasteiger partial charge in [-0.1, -0.05) is 0 Å². The normalized spacial score (nSPS) is 10.1. The Morgan fingerprint density at radius 1 is 1.11 bits per heavy atom. The molecular weight excluding hydrogens is 230 g/mol. The predicted octanol–water partition coefficient (Wildman–Crippen LogP) is 2.13. The molecule has 2 rings (SSSR count). The predicted molar refractivity (Wildman–Crippen MR) is 69.6 cm³/mol. The second-order valence-corrected chi connectivity index (χ2v) is 3.68. The SMILES string of the molecule is CCOc1cc(N)cc(-c2cnc(OC)nc2)c1. The third-order valence-corrected chi connectivity index (χ3v) is 2.38. The van der Waals surface area contributed by atoms with Crippen LogP contribution in [0.15, 0.2) is 30.6 Å². The second kappa shape index (κ2) is 5.35. The largest absolute Gasteiger partial charge is 0.494 e. The zero-order valence-electron chi connectivity index (χ0n) is 10.4. The third-order valence-electron chi connectivity index (χ3n) is 2.38. The Kier molecular flexibility index (Phi) is 3.62. The van der Waals surface area contributed by atoms with E-state index in [0.29, 0.717) is 18.3 Å². The number of methoxy groups -OCH3 is 1. The molecule has 0 amide bonds. The minimum absolute atomic E-state index is 0.340. The van der Waals surface area contributed by atoms with E-state index >= 15 is 0 Å². The van der Waals surface area contributed by atoms with Crippen LogP contribution in [0.1, 0.15) is 6.92 Å². The standard InChI is InChI=1S/C13H15N3O2/c1-3-18-12-5-9(4-11(14)6-12)10-7-15-13(17-2)16-8-10/h4-8H,3,14H2,1-2H3. The number of anilines is 1. The minimum atomic E-state index is 0.340. The van der Waals surface area contributed by atoms with Gasteiger partial charge >= 0.3 is 6.01 Å². The van der Waals surface area contributed by atoms with Crippen LogP contribution < -0.4 is 15.2 Å². The van der Waals surface area contributed by atoms with Gasteiger partial charge in [0.1, 0.15) is 5.75 Å². The van der Waals surface area contributed by atoms with Gasteiger partial charge in [-0.05, 0) is 24.6 Å². The maximum absolute atomic E-state index is 5.84. The number of nitrogens with two attached hydrogens (primary N) is 1. The Balaban J connectivity index is 2.36. The molecule has 5 heteroatoms. The number of rotatable bonds is 4. The van der Waals surface area contributed by atoms with Gasteiger partial charge in [-0.25, -0.2) is 9.97 Å². The van der Waals surface area contributed by atoms with Gasteiger partial charge in [0.25, 0.3) is 0 Å². The van der Waals surface area contributed by atoms with Crippen molar-refractivity contribution < 1.29 is 9.47 Å². The van der Waals surface area contributed by atoms with Gasteiger partial charge in [0.05, 0.1) is 13.7 Å². The van der Waals surface area contributed by atoms with Gasteiger partial charge in [0, 0.05) is 29.7 Å². The number of benzene rings is 1. The summed E-state index contributed by atoms with van der Waals surface area (Å²) in [6.45, 7) is 2.53. The molecule has 2 aromatic rings. The van der Waals surface area contributed by atoms with E-state index in [1.54, 1.807) is 18.5 Å². The van der Waals surface area contributed by atoms with E-state index in [-0.39, 0.29) is 0 Å². The summed E-state index contributed by atoms with van der Waals surface area (Å²) in [4.78, 5) is 8.13. The van der Waals surface area contributed by atoms with Crippen LogP contribution in [0.3, 0.4) is 0 Å². The molecule has 0 unspecified atom stereocenters. The van der Waals surface area contributed by atoms with Crippen molar-refractivity contribution in [3.63, 3.8) is 0 Å². The minimum Gasteiger partial charge on any atom is -0.494 e. The monoisotopic (exact) mass is 245 g/mol. The maximum Gasteiger partial charge on any atom is 0.316 e. The molecule has 5 nitrogen and oxygen atoms in total. The van der Waals surface area contributed by atoms with Gasteiger partial charge in [0.2, 0.25) is 0 Å². The lowest BCUT2D eigenvalue weighted by atomic mass is 10.1. The molecule has 1 aromatic heterocycles. The van der Waals surface area contributed by atoms with E-state index in [9.17, 15) is 0 Å². The van der Waals surface area contributed by atoms with Crippen LogP contribution in [0.2, 0.25) is 0 Å². The van der Waals surface area contributed by atoms with Gasteiger partial charge in [-0.15, -0.1) is 0 Å². The highest BCUT2D eigenvalue weighted by atomic mass is 16.5. The van der Waals surface area contributed by atoms with Crippen LogP contribution in [0.25, 0.3) is 11.1 Å². The molecule has 0 atom stereocenters.